The number of halogens is 1. The third-order valence-electron chi connectivity index (χ3n) is 5.14. The van der Waals surface area contributed by atoms with Crippen molar-refractivity contribution in [3.63, 3.8) is 0 Å². The standard InChI is InChI=1S/C25H19ClN6O6/c1-15(33)35-14-22-29-30-23(38-22)20-12-27-25(32(24(20)34)13-16-2-4-17(26)5-3-16)28-18-6-8-19(9-7-18)37-21-10-11-36-31-21/h2-12H,13-14H2,1H3,(H,27,28). The van der Waals surface area contributed by atoms with Crippen molar-refractivity contribution >= 4 is 23.3 Å². The molecule has 0 spiro atoms. The molecule has 12 nitrogen and oxygen atoms in total. The zero-order valence-electron chi connectivity index (χ0n) is 19.8. The minimum Gasteiger partial charge on any atom is -0.456 e. The molecule has 0 aliphatic carbocycles. The fraction of sp³-hybridized carbons (Fsp3) is 0.120. The summed E-state index contributed by atoms with van der Waals surface area (Å²) in [5.74, 6) is 0.399. The highest BCUT2D eigenvalue weighted by Gasteiger charge is 2.16. The number of carbonyl (C=O) groups is 1. The molecular weight excluding hydrogens is 516 g/mol. The van der Waals surface area contributed by atoms with Crippen LogP contribution >= 0.6 is 11.6 Å². The highest BCUT2D eigenvalue weighted by Crippen LogP contribution is 2.22. The van der Waals surface area contributed by atoms with Crippen LogP contribution in [0.15, 0.2) is 85.8 Å². The molecule has 5 rings (SSSR count). The molecule has 0 aliphatic heterocycles. The minimum atomic E-state index is -0.493. The van der Waals surface area contributed by atoms with Crippen molar-refractivity contribution in [2.75, 3.05) is 0 Å². The van der Waals surface area contributed by atoms with Crippen LogP contribution in [0.2, 0.25) is 5.02 Å². The molecule has 5 aromatic rings. The lowest BCUT2D eigenvalue weighted by molar-refractivity contribution is -0.142. The van der Waals surface area contributed by atoms with Crippen LogP contribution in [-0.2, 0) is 22.7 Å². The van der Waals surface area contributed by atoms with E-state index in [4.69, 9.17) is 30.0 Å². The third kappa shape index (κ3) is 5.87. The van der Waals surface area contributed by atoms with Crippen LogP contribution in [-0.4, -0.2) is 30.9 Å². The summed E-state index contributed by atoms with van der Waals surface area (Å²) in [7, 11) is 0. The van der Waals surface area contributed by atoms with Gasteiger partial charge in [-0.3, -0.25) is 14.2 Å². The maximum atomic E-state index is 13.6. The molecule has 0 unspecified atom stereocenters. The number of H-pyrrole nitrogens is 1. The monoisotopic (exact) mass is 534 g/mol. The molecular formula is C25H19ClN6O6. The second-order valence-electron chi connectivity index (χ2n) is 7.87. The van der Waals surface area contributed by atoms with E-state index < -0.39 is 11.5 Å². The zero-order valence-corrected chi connectivity index (χ0v) is 20.6. The Labute approximate surface area is 219 Å². The topological polar surface area (TPSA) is 151 Å². The Kier molecular flexibility index (Phi) is 7.13. The normalized spacial score (nSPS) is 11.5. The summed E-state index contributed by atoms with van der Waals surface area (Å²) < 4.78 is 22.2. The van der Waals surface area contributed by atoms with Crippen molar-refractivity contribution in [1.82, 2.24) is 24.9 Å². The van der Waals surface area contributed by atoms with Crippen molar-refractivity contribution in [2.24, 2.45) is 4.99 Å². The molecule has 0 aliphatic rings. The van der Waals surface area contributed by atoms with Crippen LogP contribution in [0.3, 0.4) is 0 Å². The molecule has 192 valence electrons. The predicted octanol–water partition coefficient (Wildman–Crippen LogP) is 4.00. The lowest BCUT2D eigenvalue weighted by Crippen LogP contribution is -2.36. The molecule has 0 radical (unpaired) electrons. The first kappa shape index (κ1) is 24.7. The number of carbonyl (C=O) groups excluding carboxylic acids is 1. The summed E-state index contributed by atoms with van der Waals surface area (Å²) in [6, 6.07) is 15.6. The summed E-state index contributed by atoms with van der Waals surface area (Å²) >= 11 is 6.02. The fourth-order valence-electron chi connectivity index (χ4n) is 3.35. The second kappa shape index (κ2) is 11.0. The van der Waals surface area contributed by atoms with E-state index in [1.54, 1.807) is 42.5 Å². The number of esters is 1. The average molecular weight is 535 g/mol. The number of ether oxygens (including phenoxy) is 2. The highest BCUT2D eigenvalue weighted by atomic mass is 35.5. The maximum Gasteiger partial charge on any atom is 0.303 e. The van der Waals surface area contributed by atoms with Crippen LogP contribution in [0.25, 0.3) is 11.5 Å². The van der Waals surface area contributed by atoms with Crippen molar-refractivity contribution in [3.8, 4) is 23.1 Å². The van der Waals surface area contributed by atoms with E-state index in [2.05, 4.69) is 25.3 Å². The van der Waals surface area contributed by atoms with Gasteiger partial charge in [0.2, 0.25) is 5.62 Å². The Morgan fingerprint density at radius 2 is 1.89 bits per heavy atom. The number of benzene rings is 2. The van der Waals surface area contributed by atoms with Gasteiger partial charge in [0.05, 0.1) is 12.2 Å². The Bertz CT molecular complexity index is 1670. The second-order valence-corrected chi connectivity index (χ2v) is 8.31. The number of nitrogens with one attached hydrogen (secondary N) is 1. The Hall–Kier alpha value is -4.97. The highest BCUT2D eigenvalue weighted by molar-refractivity contribution is 6.30. The fourth-order valence-corrected chi connectivity index (χ4v) is 3.48. The molecule has 38 heavy (non-hydrogen) atoms. The van der Waals surface area contributed by atoms with Crippen molar-refractivity contribution in [3.05, 3.63) is 99.5 Å². The van der Waals surface area contributed by atoms with Crippen molar-refractivity contribution in [1.29, 1.82) is 0 Å². The van der Waals surface area contributed by atoms with Crippen LogP contribution in [0.5, 0.6) is 11.6 Å². The van der Waals surface area contributed by atoms with Gasteiger partial charge in [-0.05, 0) is 47.1 Å². The maximum absolute atomic E-state index is 13.6. The van der Waals surface area contributed by atoms with Gasteiger partial charge in [0.15, 0.2) is 6.61 Å². The molecule has 0 saturated heterocycles. The van der Waals surface area contributed by atoms with E-state index in [0.29, 0.717) is 22.3 Å². The average Bonchev–Trinajstić information content (AvgIpc) is 3.60. The van der Waals surface area contributed by atoms with Gasteiger partial charge >= 0.3 is 5.97 Å². The van der Waals surface area contributed by atoms with Gasteiger partial charge in [0.25, 0.3) is 23.2 Å². The van der Waals surface area contributed by atoms with Crippen LogP contribution in [0.1, 0.15) is 18.4 Å². The zero-order chi connectivity index (χ0) is 26.5. The largest absolute Gasteiger partial charge is 0.456 e. The van der Waals surface area contributed by atoms with E-state index in [9.17, 15) is 9.59 Å². The molecule has 0 saturated carbocycles. The third-order valence-corrected chi connectivity index (χ3v) is 5.39. The summed E-state index contributed by atoms with van der Waals surface area (Å²) in [5, 5.41) is 12.0. The predicted molar refractivity (Wildman–Crippen MR) is 133 cm³/mol. The Morgan fingerprint density at radius 1 is 1.11 bits per heavy atom. The smallest absolute Gasteiger partial charge is 0.303 e. The van der Waals surface area contributed by atoms with Gasteiger partial charge in [-0.2, -0.15) is 0 Å². The number of rotatable bonds is 8. The van der Waals surface area contributed by atoms with Gasteiger partial charge < -0.3 is 23.4 Å². The Morgan fingerprint density at radius 3 is 2.61 bits per heavy atom. The quantitative estimate of drug-likeness (QED) is 0.291. The number of aromatic nitrogens is 5. The van der Waals surface area contributed by atoms with E-state index in [1.165, 1.54) is 24.0 Å². The number of hydrogen-bond donors (Lipinski definition) is 1. The first-order valence-corrected chi connectivity index (χ1v) is 11.6. The molecule has 0 amide bonds. The molecule has 2 aromatic carbocycles. The van der Waals surface area contributed by atoms with E-state index >= 15 is 0 Å². The molecule has 1 N–H and O–H groups in total. The number of hydrogen-bond acceptors (Lipinski definition) is 10. The molecule has 13 heteroatoms. The SMILES string of the molecule is CC(=O)OCc1nnc(-c2c[nH]/c(=N\c3ccc(Oc4ccon4)cc3)n(Cc3ccc(Cl)cc3)c2=O)o1. The summed E-state index contributed by atoms with van der Waals surface area (Å²) in [5.41, 5.74) is 1.35. The number of aromatic amines is 1. The minimum absolute atomic E-state index is 0.0286. The Balaban J connectivity index is 1.51. The summed E-state index contributed by atoms with van der Waals surface area (Å²) in [6.45, 7) is 1.25. The summed E-state index contributed by atoms with van der Waals surface area (Å²) in [4.78, 5) is 32.3. The molecule has 3 aromatic heterocycles. The molecule has 0 atom stereocenters. The van der Waals surface area contributed by atoms with E-state index in [1.807, 2.05) is 12.1 Å². The molecule has 0 fully saturated rings. The lowest BCUT2D eigenvalue weighted by Gasteiger charge is -2.09. The van der Waals surface area contributed by atoms with Crippen LogP contribution in [0, 0.1) is 0 Å². The van der Waals surface area contributed by atoms with Gasteiger partial charge in [0, 0.05) is 24.2 Å². The molecule has 0 bridgehead atoms. The van der Waals surface area contributed by atoms with Crippen LogP contribution < -0.4 is 15.9 Å². The first-order valence-electron chi connectivity index (χ1n) is 11.2. The van der Waals surface area contributed by atoms with Crippen molar-refractivity contribution < 1.29 is 23.2 Å². The first-order chi connectivity index (χ1) is 18.4. The number of nitrogens with zero attached hydrogens (tertiary/aromatic N) is 5. The van der Waals surface area contributed by atoms with Crippen LogP contribution in [0.4, 0.5) is 5.69 Å². The van der Waals surface area contributed by atoms with Crippen molar-refractivity contribution in [2.45, 2.75) is 20.1 Å². The van der Waals surface area contributed by atoms with Gasteiger partial charge in [-0.25, -0.2) is 4.99 Å². The van der Waals surface area contributed by atoms with Gasteiger partial charge in [-0.15, -0.1) is 10.2 Å². The van der Waals surface area contributed by atoms with Gasteiger partial charge in [-0.1, -0.05) is 23.7 Å². The van der Waals surface area contributed by atoms with E-state index in [0.717, 1.165) is 5.56 Å². The van der Waals surface area contributed by atoms with E-state index in [-0.39, 0.29) is 36.1 Å². The summed E-state index contributed by atoms with van der Waals surface area (Å²) in [6.07, 6.45) is 2.85. The lowest BCUT2D eigenvalue weighted by atomic mass is 10.2. The van der Waals surface area contributed by atoms with Gasteiger partial charge in [0.1, 0.15) is 17.6 Å². The molecule has 3 heterocycles.